The largest absolute Gasteiger partial charge is 0.333 e. The fourth-order valence-corrected chi connectivity index (χ4v) is 4.43. The lowest BCUT2D eigenvalue weighted by Crippen LogP contribution is -2.46. The molecule has 0 N–H and O–H groups in total. The van der Waals surface area contributed by atoms with Crippen LogP contribution in [-0.2, 0) is 5.88 Å². The Kier molecular flexibility index (Phi) is 6.83. The van der Waals surface area contributed by atoms with Gasteiger partial charge in [0.15, 0.2) is 0 Å². The summed E-state index contributed by atoms with van der Waals surface area (Å²) >= 11 is 11.9. The normalized spacial score (nSPS) is 19.9. The molecule has 144 valence electrons. The molecule has 0 saturated heterocycles. The quantitative estimate of drug-likeness (QED) is 0.511. The van der Waals surface area contributed by atoms with E-state index in [1.54, 1.807) is 12.1 Å². The molecule has 1 aliphatic rings. The summed E-state index contributed by atoms with van der Waals surface area (Å²) in [6.45, 7) is 4.20. The van der Waals surface area contributed by atoms with Gasteiger partial charge in [0.1, 0.15) is 0 Å². The zero-order valence-corrected chi connectivity index (χ0v) is 17.5. The molecule has 0 bridgehead atoms. The van der Waals surface area contributed by atoms with Gasteiger partial charge in [-0.05, 0) is 80.8 Å². The summed E-state index contributed by atoms with van der Waals surface area (Å²) in [4.78, 5) is 15.2. The van der Waals surface area contributed by atoms with Gasteiger partial charge in [0.2, 0.25) is 0 Å². The number of carbonyl (C=O) groups is 1. The van der Waals surface area contributed by atoms with Crippen LogP contribution in [0, 0.1) is 0 Å². The van der Waals surface area contributed by atoms with Gasteiger partial charge in [-0.2, -0.15) is 0 Å². The first-order valence-corrected chi connectivity index (χ1v) is 10.6. The van der Waals surface area contributed by atoms with Gasteiger partial charge < -0.3 is 4.90 Å². The summed E-state index contributed by atoms with van der Waals surface area (Å²) in [6.07, 6.45) is 4.31. The number of amides is 1. The minimum Gasteiger partial charge on any atom is -0.333 e. The van der Waals surface area contributed by atoms with Crippen molar-refractivity contribution in [2.24, 2.45) is 0 Å². The second kappa shape index (κ2) is 9.12. The first kappa shape index (κ1) is 20.2. The molecule has 0 aliphatic heterocycles. The maximum atomic E-state index is 13.1. The molecular formula is C23H27Cl2NO. The van der Waals surface area contributed by atoms with Gasteiger partial charge in [-0.3, -0.25) is 4.79 Å². The molecule has 0 aromatic heterocycles. The molecule has 2 aromatic rings. The van der Waals surface area contributed by atoms with Crippen LogP contribution in [0.5, 0.6) is 0 Å². The average Bonchev–Trinajstić information content (AvgIpc) is 2.69. The molecule has 0 unspecified atom stereocenters. The van der Waals surface area contributed by atoms with E-state index in [4.69, 9.17) is 23.2 Å². The minimum atomic E-state index is 0.108. The van der Waals surface area contributed by atoms with E-state index in [1.165, 1.54) is 5.56 Å². The molecule has 27 heavy (non-hydrogen) atoms. The fraction of sp³-hybridized carbons (Fsp3) is 0.435. The third-order valence-corrected chi connectivity index (χ3v) is 6.14. The van der Waals surface area contributed by atoms with Crippen molar-refractivity contribution < 1.29 is 4.79 Å². The van der Waals surface area contributed by atoms with E-state index in [2.05, 4.69) is 43.0 Å². The molecule has 1 aliphatic carbocycles. The summed E-state index contributed by atoms with van der Waals surface area (Å²) in [5, 5.41) is 0.656. The van der Waals surface area contributed by atoms with Gasteiger partial charge in [-0.25, -0.2) is 0 Å². The van der Waals surface area contributed by atoms with Crippen LogP contribution in [0.1, 0.15) is 66.9 Å². The molecule has 0 heterocycles. The monoisotopic (exact) mass is 403 g/mol. The molecule has 0 spiro atoms. The summed E-state index contributed by atoms with van der Waals surface area (Å²) in [5.74, 6) is 1.24. The molecule has 0 radical (unpaired) electrons. The zero-order valence-electron chi connectivity index (χ0n) is 16.0. The number of hydrogen-bond donors (Lipinski definition) is 0. The van der Waals surface area contributed by atoms with Crippen molar-refractivity contribution in [3.63, 3.8) is 0 Å². The summed E-state index contributed by atoms with van der Waals surface area (Å²) in [7, 11) is 0. The number of alkyl halides is 1. The summed E-state index contributed by atoms with van der Waals surface area (Å²) in [5.41, 5.74) is 3.27. The third kappa shape index (κ3) is 4.86. The second-order valence-corrected chi connectivity index (χ2v) is 8.40. The number of hydrogen-bond acceptors (Lipinski definition) is 1. The van der Waals surface area contributed by atoms with Crippen molar-refractivity contribution in [1.82, 2.24) is 4.90 Å². The van der Waals surface area contributed by atoms with Crippen molar-refractivity contribution in [3.05, 3.63) is 70.2 Å². The standard InChI is InChI=1S/C23H27Cl2NO/c1-16(2)26(23(27)20-7-11-21(25)12-8-20)22-13-9-19(10-14-22)18-5-3-17(15-24)4-6-18/h3-8,11-12,16,19,22H,9-10,13-15H2,1-2H3/t19-,22-. The Morgan fingerprint density at radius 2 is 1.59 bits per heavy atom. The van der Waals surface area contributed by atoms with E-state index in [-0.39, 0.29) is 11.9 Å². The highest BCUT2D eigenvalue weighted by atomic mass is 35.5. The average molecular weight is 404 g/mol. The van der Waals surface area contributed by atoms with Crippen molar-refractivity contribution in [2.75, 3.05) is 0 Å². The Balaban J connectivity index is 1.67. The van der Waals surface area contributed by atoms with Crippen LogP contribution in [0.25, 0.3) is 0 Å². The zero-order chi connectivity index (χ0) is 19.4. The number of halogens is 2. The molecular weight excluding hydrogens is 377 g/mol. The number of rotatable bonds is 5. The SMILES string of the molecule is CC(C)N(C(=O)c1ccc(Cl)cc1)[C@H]1CC[C@H](c2ccc(CCl)cc2)CC1. The molecule has 4 heteroatoms. The lowest BCUT2D eigenvalue weighted by atomic mass is 9.80. The third-order valence-electron chi connectivity index (χ3n) is 5.58. The molecule has 1 saturated carbocycles. The lowest BCUT2D eigenvalue weighted by molar-refractivity contribution is 0.0545. The topological polar surface area (TPSA) is 20.3 Å². The Bertz CT molecular complexity index is 747. The number of carbonyl (C=O) groups excluding carboxylic acids is 1. The molecule has 2 aromatic carbocycles. The number of nitrogens with zero attached hydrogens (tertiary/aromatic N) is 1. The van der Waals surface area contributed by atoms with E-state index < -0.39 is 0 Å². The molecule has 1 amide bonds. The molecule has 0 atom stereocenters. The summed E-state index contributed by atoms with van der Waals surface area (Å²) in [6, 6.07) is 16.4. The van der Waals surface area contributed by atoms with Crippen molar-refractivity contribution in [1.29, 1.82) is 0 Å². The van der Waals surface area contributed by atoms with Crippen molar-refractivity contribution in [3.8, 4) is 0 Å². The van der Waals surface area contributed by atoms with Crippen LogP contribution in [0.4, 0.5) is 0 Å². The van der Waals surface area contributed by atoms with E-state index >= 15 is 0 Å². The van der Waals surface area contributed by atoms with Gasteiger partial charge in [0.05, 0.1) is 0 Å². The van der Waals surface area contributed by atoms with Crippen LogP contribution in [0.15, 0.2) is 48.5 Å². The first-order chi connectivity index (χ1) is 13.0. The highest BCUT2D eigenvalue weighted by molar-refractivity contribution is 6.30. The van der Waals surface area contributed by atoms with E-state index in [0.717, 1.165) is 31.2 Å². The summed E-state index contributed by atoms with van der Waals surface area (Å²) < 4.78 is 0. The van der Waals surface area contributed by atoms with Crippen LogP contribution >= 0.6 is 23.2 Å². The molecule has 1 fully saturated rings. The smallest absolute Gasteiger partial charge is 0.254 e. The van der Waals surface area contributed by atoms with E-state index in [9.17, 15) is 4.79 Å². The van der Waals surface area contributed by atoms with Gasteiger partial charge in [0.25, 0.3) is 5.91 Å². The fourth-order valence-electron chi connectivity index (χ4n) is 4.13. The highest BCUT2D eigenvalue weighted by Crippen LogP contribution is 2.36. The van der Waals surface area contributed by atoms with Gasteiger partial charge in [-0.1, -0.05) is 35.9 Å². The predicted molar refractivity (Wildman–Crippen MR) is 114 cm³/mol. The van der Waals surface area contributed by atoms with Crippen molar-refractivity contribution in [2.45, 2.75) is 63.4 Å². The van der Waals surface area contributed by atoms with E-state index in [0.29, 0.717) is 28.4 Å². The van der Waals surface area contributed by atoms with Crippen LogP contribution < -0.4 is 0 Å². The molecule has 3 rings (SSSR count). The predicted octanol–water partition coefficient (Wildman–Crippen LogP) is 6.66. The maximum Gasteiger partial charge on any atom is 0.254 e. The molecule has 2 nitrogen and oxygen atoms in total. The van der Waals surface area contributed by atoms with Crippen LogP contribution in [-0.4, -0.2) is 22.9 Å². The van der Waals surface area contributed by atoms with Crippen molar-refractivity contribution >= 4 is 29.1 Å². The Morgan fingerprint density at radius 3 is 2.11 bits per heavy atom. The van der Waals surface area contributed by atoms with Gasteiger partial charge in [0, 0.05) is 28.5 Å². The first-order valence-electron chi connectivity index (χ1n) is 9.72. The second-order valence-electron chi connectivity index (χ2n) is 7.69. The van der Waals surface area contributed by atoms with Gasteiger partial charge >= 0.3 is 0 Å². The highest BCUT2D eigenvalue weighted by Gasteiger charge is 2.31. The van der Waals surface area contributed by atoms with E-state index in [1.807, 2.05) is 12.1 Å². The lowest BCUT2D eigenvalue weighted by Gasteiger charge is -2.39. The Morgan fingerprint density at radius 1 is 1.00 bits per heavy atom. The minimum absolute atomic E-state index is 0.108. The van der Waals surface area contributed by atoms with Crippen LogP contribution in [0.2, 0.25) is 5.02 Å². The Labute approximate surface area is 172 Å². The van der Waals surface area contributed by atoms with Gasteiger partial charge in [-0.15, -0.1) is 11.6 Å². The van der Waals surface area contributed by atoms with Crippen LogP contribution in [0.3, 0.4) is 0 Å². The number of benzene rings is 2. The Hall–Kier alpha value is -1.51. The maximum absolute atomic E-state index is 13.1.